The first-order chi connectivity index (χ1) is 12.7. The Labute approximate surface area is 151 Å². The quantitative estimate of drug-likeness (QED) is 0.489. The van der Waals surface area contributed by atoms with Crippen LogP contribution in [0.3, 0.4) is 0 Å². The van der Waals surface area contributed by atoms with E-state index >= 15 is 0 Å². The van der Waals surface area contributed by atoms with Crippen LogP contribution in [0.4, 0.5) is 4.39 Å². The number of benzene rings is 2. The molecular weight excluding hydrogens is 329 g/mol. The average molecular weight is 349 g/mol. The summed E-state index contributed by atoms with van der Waals surface area (Å²) in [6.07, 6.45) is 2.86. The maximum atomic E-state index is 13.8. The Hall–Kier alpha value is -3.33. The fraction of sp³-hybridized carbons (Fsp3) is 0.200. The third kappa shape index (κ3) is 4.01. The molecule has 0 atom stereocenters. The van der Waals surface area contributed by atoms with Crippen molar-refractivity contribution in [3.63, 3.8) is 0 Å². The molecule has 3 aromatic rings. The molecule has 0 spiro atoms. The van der Waals surface area contributed by atoms with Gasteiger partial charge in [-0.05, 0) is 36.2 Å². The zero-order valence-corrected chi connectivity index (χ0v) is 14.5. The standard InChI is InChI=1S/C20H20FN5/c1-23-20(26-13-16-10-14(11-22)6-7-18(16)21)24-9-8-15-12-25-19-5-3-2-4-17(15)19/h2-7,10,12,25H,8-9,13H2,1H3,(H2,23,24,26). The van der Waals surface area contributed by atoms with E-state index in [1.54, 1.807) is 13.1 Å². The van der Waals surface area contributed by atoms with Crippen molar-refractivity contribution in [3.05, 3.63) is 71.2 Å². The molecule has 1 aromatic heterocycles. The number of nitriles is 1. The van der Waals surface area contributed by atoms with Gasteiger partial charge in [0, 0.05) is 42.8 Å². The number of guanidine groups is 1. The van der Waals surface area contributed by atoms with E-state index in [1.165, 1.54) is 23.1 Å². The van der Waals surface area contributed by atoms with E-state index in [2.05, 4.69) is 32.7 Å². The Kier molecular flexibility index (Phi) is 5.49. The van der Waals surface area contributed by atoms with Crippen LogP contribution in [0, 0.1) is 17.1 Å². The van der Waals surface area contributed by atoms with Crippen molar-refractivity contribution in [2.75, 3.05) is 13.6 Å². The van der Waals surface area contributed by atoms with E-state index in [0.717, 1.165) is 11.9 Å². The van der Waals surface area contributed by atoms with Crippen molar-refractivity contribution < 1.29 is 4.39 Å². The smallest absolute Gasteiger partial charge is 0.191 e. The van der Waals surface area contributed by atoms with Crippen molar-refractivity contribution >= 4 is 16.9 Å². The van der Waals surface area contributed by atoms with Crippen LogP contribution in [0.25, 0.3) is 10.9 Å². The monoisotopic (exact) mass is 349 g/mol. The fourth-order valence-electron chi connectivity index (χ4n) is 2.83. The normalized spacial score (nSPS) is 11.3. The molecule has 0 bridgehead atoms. The number of fused-ring (bicyclic) bond motifs is 1. The summed E-state index contributed by atoms with van der Waals surface area (Å²) in [6, 6.07) is 14.5. The average Bonchev–Trinajstić information content (AvgIpc) is 3.09. The Morgan fingerprint density at radius 2 is 2.04 bits per heavy atom. The van der Waals surface area contributed by atoms with E-state index in [4.69, 9.17) is 5.26 Å². The van der Waals surface area contributed by atoms with Crippen LogP contribution < -0.4 is 10.6 Å². The fourth-order valence-corrected chi connectivity index (χ4v) is 2.83. The summed E-state index contributed by atoms with van der Waals surface area (Å²) in [5.41, 5.74) is 3.23. The number of hydrogen-bond donors (Lipinski definition) is 3. The van der Waals surface area contributed by atoms with Crippen LogP contribution in [0.1, 0.15) is 16.7 Å². The highest BCUT2D eigenvalue weighted by Gasteiger charge is 2.06. The second kappa shape index (κ2) is 8.17. The number of hydrogen-bond acceptors (Lipinski definition) is 2. The topological polar surface area (TPSA) is 76.0 Å². The number of rotatable bonds is 5. The second-order valence-electron chi connectivity index (χ2n) is 5.88. The minimum absolute atomic E-state index is 0.258. The predicted octanol–water partition coefficient (Wildman–Crippen LogP) is 3.09. The van der Waals surface area contributed by atoms with Gasteiger partial charge in [0.25, 0.3) is 0 Å². The van der Waals surface area contributed by atoms with Gasteiger partial charge in [-0.15, -0.1) is 0 Å². The highest BCUT2D eigenvalue weighted by Crippen LogP contribution is 2.17. The maximum absolute atomic E-state index is 13.8. The second-order valence-corrected chi connectivity index (χ2v) is 5.88. The third-order valence-corrected chi connectivity index (χ3v) is 4.21. The lowest BCUT2D eigenvalue weighted by Crippen LogP contribution is -2.38. The van der Waals surface area contributed by atoms with Gasteiger partial charge in [-0.25, -0.2) is 4.39 Å². The van der Waals surface area contributed by atoms with Gasteiger partial charge in [0.1, 0.15) is 5.82 Å². The first-order valence-electron chi connectivity index (χ1n) is 8.39. The molecule has 0 aliphatic rings. The van der Waals surface area contributed by atoms with E-state index in [1.807, 2.05) is 24.4 Å². The molecule has 2 aromatic carbocycles. The van der Waals surface area contributed by atoms with Crippen molar-refractivity contribution in [2.24, 2.45) is 4.99 Å². The predicted molar refractivity (Wildman–Crippen MR) is 101 cm³/mol. The highest BCUT2D eigenvalue weighted by atomic mass is 19.1. The molecule has 132 valence electrons. The Morgan fingerprint density at radius 1 is 1.19 bits per heavy atom. The van der Waals surface area contributed by atoms with E-state index in [9.17, 15) is 4.39 Å². The van der Waals surface area contributed by atoms with Crippen LogP contribution in [0.5, 0.6) is 0 Å². The first-order valence-corrected chi connectivity index (χ1v) is 8.39. The van der Waals surface area contributed by atoms with Gasteiger partial charge < -0.3 is 15.6 Å². The molecule has 0 radical (unpaired) electrons. The van der Waals surface area contributed by atoms with E-state index < -0.39 is 0 Å². The zero-order chi connectivity index (χ0) is 18.4. The lowest BCUT2D eigenvalue weighted by atomic mass is 10.1. The molecule has 3 N–H and O–H groups in total. The minimum atomic E-state index is -0.342. The molecule has 0 saturated heterocycles. The molecule has 5 nitrogen and oxygen atoms in total. The van der Waals surface area contributed by atoms with E-state index in [0.29, 0.717) is 23.6 Å². The number of nitrogens with zero attached hydrogens (tertiary/aromatic N) is 2. The number of aromatic amines is 1. The number of H-pyrrole nitrogens is 1. The number of para-hydroxylation sites is 1. The summed E-state index contributed by atoms with van der Waals surface area (Å²) < 4.78 is 13.8. The molecule has 0 unspecified atom stereocenters. The molecular formula is C20H20FN5. The van der Waals surface area contributed by atoms with Gasteiger partial charge in [-0.2, -0.15) is 5.26 Å². The van der Waals surface area contributed by atoms with Crippen molar-refractivity contribution in [1.82, 2.24) is 15.6 Å². The molecule has 0 amide bonds. The molecule has 0 aliphatic heterocycles. The van der Waals surface area contributed by atoms with Crippen LogP contribution in [-0.4, -0.2) is 24.5 Å². The van der Waals surface area contributed by atoms with E-state index in [-0.39, 0.29) is 12.4 Å². The number of halogens is 1. The van der Waals surface area contributed by atoms with Crippen LogP contribution >= 0.6 is 0 Å². The summed E-state index contributed by atoms with van der Waals surface area (Å²) in [4.78, 5) is 7.42. The number of aliphatic imine (C=N–C) groups is 1. The number of nitrogens with one attached hydrogen (secondary N) is 3. The van der Waals surface area contributed by atoms with Gasteiger partial charge in [0.15, 0.2) is 5.96 Å². The lowest BCUT2D eigenvalue weighted by molar-refractivity contribution is 0.604. The summed E-state index contributed by atoms with van der Waals surface area (Å²) >= 11 is 0. The first kappa shape index (κ1) is 17.5. The summed E-state index contributed by atoms with van der Waals surface area (Å²) in [7, 11) is 1.67. The summed E-state index contributed by atoms with van der Waals surface area (Å²) in [5.74, 6) is 0.248. The summed E-state index contributed by atoms with van der Waals surface area (Å²) in [5, 5.41) is 16.4. The molecule has 0 saturated carbocycles. The lowest BCUT2D eigenvalue weighted by Gasteiger charge is -2.12. The highest BCUT2D eigenvalue weighted by molar-refractivity contribution is 5.83. The molecule has 3 rings (SSSR count). The van der Waals surface area contributed by atoms with Gasteiger partial charge in [-0.3, -0.25) is 4.99 Å². The number of aromatic nitrogens is 1. The maximum Gasteiger partial charge on any atom is 0.191 e. The Morgan fingerprint density at radius 3 is 2.85 bits per heavy atom. The van der Waals surface area contributed by atoms with Gasteiger partial charge in [0.05, 0.1) is 11.6 Å². The third-order valence-electron chi connectivity index (χ3n) is 4.21. The Balaban J connectivity index is 1.55. The van der Waals surface area contributed by atoms with Crippen molar-refractivity contribution in [2.45, 2.75) is 13.0 Å². The largest absolute Gasteiger partial charge is 0.361 e. The van der Waals surface area contributed by atoms with Crippen LogP contribution in [0.2, 0.25) is 0 Å². The van der Waals surface area contributed by atoms with Gasteiger partial charge >= 0.3 is 0 Å². The van der Waals surface area contributed by atoms with Crippen LogP contribution in [0.15, 0.2) is 53.7 Å². The summed E-state index contributed by atoms with van der Waals surface area (Å²) in [6.45, 7) is 0.955. The zero-order valence-electron chi connectivity index (χ0n) is 14.5. The van der Waals surface area contributed by atoms with Gasteiger partial charge in [0.2, 0.25) is 0 Å². The SMILES string of the molecule is CN=C(NCCc1c[nH]c2ccccc12)NCc1cc(C#N)ccc1F. The molecule has 1 heterocycles. The van der Waals surface area contributed by atoms with Crippen molar-refractivity contribution in [1.29, 1.82) is 5.26 Å². The van der Waals surface area contributed by atoms with Gasteiger partial charge in [-0.1, -0.05) is 18.2 Å². The Bertz CT molecular complexity index is 968. The van der Waals surface area contributed by atoms with Crippen LogP contribution in [-0.2, 0) is 13.0 Å². The molecule has 26 heavy (non-hydrogen) atoms. The molecule has 0 fully saturated rings. The minimum Gasteiger partial charge on any atom is -0.361 e. The molecule has 0 aliphatic carbocycles. The molecule has 6 heteroatoms. The van der Waals surface area contributed by atoms with Crippen molar-refractivity contribution in [3.8, 4) is 6.07 Å².